The van der Waals surface area contributed by atoms with Crippen LogP contribution in [0.2, 0.25) is 0 Å². The van der Waals surface area contributed by atoms with Crippen molar-refractivity contribution in [2.24, 2.45) is 10.2 Å². The molecule has 0 aliphatic heterocycles. The van der Waals surface area contributed by atoms with Gasteiger partial charge in [0.05, 0.1) is 11.4 Å². The van der Waals surface area contributed by atoms with Crippen molar-refractivity contribution < 1.29 is 9.59 Å². The molecular weight excluding hydrogens is 424 g/mol. The molecule has 1 aromatic carbocycles. The molecule has 0 saturated carbocycles. The fourth-order valence-electron chi connectivity index (χ4n) is 3.62. The van der Waals surface area contributed by atoms with Gasteiger partial charge in [-0.05, 0) is 37.8 Å². The zero-order valence-electron chi connectivity index (χ0n) is 21.9. The van der Waals surface area contributed by atoms with Gasteiger partial charge in [-0.2, -0.15) is 10.2 Å². The zero-order valence-corrected chi connectivity index (χ0v) is 21.9. The first-order chi connectivity index (χ1) is 16.5. The minimum Gasteiger partial charge on any atom is -0.273 e. The summed E-state index contributed by atoms with van der Waals surface area (Å²) in [6.45, 7) is 8.16. The summed E-state index contributed by atoms with van der Waals surface area (Å²) in [7, 11) is 0. The lowest BCUT2D eigenvalue weighted by Gasteiger charge is -2.06. The van der Waals surface area contributed by atoms with Crippen LogP contribution in [0.25, 0.3) is 0 Å². The van der Waals surface area contributed by atoms with Crippen LogP contribution in [0.15, 0.2) is 34.5 Å². The quantitative estimate of drug-likeness (QED) is 0.139. The van der Waals surface area contributed by atoms with Gasteiger partial charge in [0.25, 0.3) is 0 Å². The van der Waals surface area contributed by atoms with Crippen molar-refractivity contribution in [3.63, 3.8) is 0 Å². The molecule has 6 heteroatoms. The van der Waals surface area contributed by atoms with Crippen molar-refractivity contribution in [3.05, 3.63) is 35.4 Å². The molecular formula is C28H46N4O2. The van der Waals surface area contributed by atoms with Gasteiger partial charge in [-0.1, -0.05) is 102 Å². The molecule has 34 heavy (non-hydrogen) atoms. The van der Waals surface area contributed by atoms with Crippen molar-refractivity contribution in [3.8, 4) is 0 Å². The van der Waals surface area contributed by atoms with E-state index in [-0.39, 0.29) is 11.8 Å². The monoisotopic (exact) mass is 470 g/mol. The lowest BCUT2D eigenvalue weighted by Crippen LogP contribution is -2.19. The predicted molar refractivity (Wildman–Crippen MR) is 143 cm³/mol. The molecule has 0 aliphatic rings. The lowest BCUT2D eigenvalue weighted by molar-refractivity contribution is -0.122. The summed E-state index contributed by atoms with van der Waals surface area (Å²) in [5.74, 6) is -0.0720. The first kappa shape index (κ1) is 29.5. The Morgan fingerprint density at radius 1 is 0.588 bits per heavy atom. The third-order valence-corrected chi connectivity index (χ3v) is 5.93. The summed E-state index contributed by atoms with van der Waals surface area (Å²) in [5.41, 5.74) is 8.70. The SMILES string of the molecule is CCCCCCCCC(=O)N/N=C(/C)c1ccc(/C(C)=N/NC(=O)CCCCCCCC)cc1. The van der Waals surface area contributed by atoms with Crippen molar-refractivity contribution in [1.29, 1.82) is 0 Å². The maximum atomic E-state index is 12.0. The number of unbranched alkanes of at least 4 members (excludes halogenated alkanes) is 10. The largest absolute Gasteiger partial charge is 0.273 e. The van der Waals surface area contributed by atoms with E-state index in [0.717, 1.165) is 48.2 Å². The summed E-state index contributed by atoms with van der Waals surface area (Å²) in [6.07, 6.45) is 14.9. The highest BCUT2D eigenvalue weighted by molar-refractivity contribution is 6.02. The fourth-order valence-corrected chi connectivity index (χ4v) is 3.62. The van der Waals surface area contributed by atoms with Crippen molar-refractivity contribution in [2.45, 2.75) is 118 Å². The van der Waals surface area contributed by atoms with E-state index in [0.29, 0.717) is 12.8 Å². The Labute approximate surface area is 207 Å². The number of rotatable bonds is 18. The third kappa shape index (κ3) is 13.9. The zero-order chi connectivity index (χ0) is 25.0. The summed E-state index contributed by atoms with van der Waals surface area (Å²) in [6, 6.07) is 7.80. The lowest BCUT2D eigenvalue weighted by atomic mass is 10.1. The van der Waals surface area contributed by atoms with Gasteiger partial charge in [0.15, 0.2) is 0 Å². The molecule has 6 nitrogen and oxygen atoms in total. The van der Waals surface area contributed by atoms with Gasteiger partial charge < -0.3 is 0 Å². The molecule has 0 aromatic heterocycles. The molecule has 0 spiro atoms. The average Bonchev–Trinajstić information content (AvgIpc) is 2.85. The summed E-state index contributed by atoms with van der Waals surface area (Å²) < 4.78 is 0. The molecule has 0 bridgehead atoms. The third-order valence-electron chi connectivity index (χ3n) is 5.93. The highest BCUT2D eigenvalue weighted by Crippen LogP contribution is 2.09. The van der Waals surface area contributed by atoms with Gasteiger partial charge in [-0.15, -0.1) is 0 Å². The van der Waals surface area contributed by atoms with E-state index >= 15 is 0 Å². The first-order valence-electron chi connectivity index (χ1n) is 13.2. The average molecular weight is 471 g/mol. The number of nitrogens with zero attached hydrogens (tertiary/aromatic N) is 2. The number of hydrogen-bond acceptors (Lipinski definition) is 4. The number of hydrazone groups is 2. The number of amides is 2. The molecule has 2 N–H and O–H groups in total. The molecule has 0 heterocycles. The second kappa shape index (κ2) is 18.9. The Bertz CT molecular complexity index is 704. The minimum atomic E-state index is -0.0360. The van der Waals surface area contributed by atoms with E-state index in [1.165, 1.54) is 51.4 Å². The van der Waals surface area contributed by atoms with E-state index in [1.54, 1.807) is 0 Å². The maximum Gasteiger partial charge on any atom is 0.240 e. The van der Waals surface area contributed by atoms with Gasteiger partial charge in [-0.25, -0.2) is 10.9 Å². The van der Waals surface area contributed by atoms with E-state index in [4.69, 9.17) is 0 Å². The molecule has 1 aromatic rings. The van der Waals surface area contributed by atoms with Crippen LogP contribution in [-0.4, -0.2) is 23.2 Å². The number of carbonyl (C=O) groups excluding carboxylic acids is 2. The van der Waals surface area contributed by atoms with Crippen LogP contribution in [0.1, 0.15) is 129 Å². The van der Waals surface area contributed by atoms with Crippen molar-refractivity contribution in [1.82, 2.24) is 10.9 Å². The van der Waals surface area contributed by atoms with Crippen LogP contribution in [0.5, 0.6) is 0 Å². The van der Waals surface area contributed by atoms with E-state index < -0.39 is 0 Å². The number of benzene rings is 1. The standard InChI is InChI=1S/C28H46N4O2/c1-5-7-9-11-13-15-17-27(33)31-29-23(3)25-19-21-26(22-20-25)24(4)30-32-28(34)18-16-14-12-10-8-6-2/h19-22H,5-18H2,1-4H3,(H,31,33)(H,32,34)/b29-23-,30-24+. The summed E-state index contributed by atoms with van der Waals surface area (Å²) >= 11 is 0. The molecule has 0 fully saturated rings. The van der Waals surface area contributed by atoms with Gasteiger partial charge in [0.1, 0.15) is 0 Å². The first-order valence-corrected chi connectivity index (χ1v) is 13.2. The van der Waals surface area contributed by atoms with Crippen molar-refractivity contribution >= 4 is 23.2 Å². The van der Waals surface area contributed by atoms with E-state index in [2.05, 4.69) is 34.9 Å². The van der Waals surface area contributed by atoms with Crippen LogP contribution >= 0.6 is 0 Å². The Morgan fingerprint density at radius 2 is 0.912 bits per heavy atom. The topological polar surface area (TPSA) is 82.9 Å². The van der Waals surface area contributed by atoms with Crippen LogP contribution < -0.4 is 10.9 Å². The second-order valence-electron chi connectivity index (χ2n) is 9.08. The van der Waals surface area contributed by atoms with E-state index in [1.807, 2.05) is 38.1 Å². The smallest absolute Gasteiger partial charge is 0.240 e. The highest BCUT2D eigenvalue weighted by Gasteiger charge is 2.05. The molecule has 0 aliphatic carbocycles. The van der Waals surface area contributed by atoms with Crippen LogP contribution in [0.3, 0.4) is 0 Å². The normalized spacial score (nSPS) is 12.0. The summed E-state index contributed by atoms with van der Waals surface area (Å²) in [4.78, 5) is 24.0. The van der Waals surface area contributed by atoms with E-state index in [9.17, 15) is 9.59 Å². The molecule has 2 amide bonds. The molecule has 0 atom stereocenters. The van der Waals surface area contributed by atoms with Gasteiger partial charge in [0, 0.05) is 12.8 Å². The molecule has 0 unspecified atom stereocenters. The maximum absolute atomic E-state index is 12.0. The number of hydrogen-bond donors (Lipinski definition) is 2. The van der Waals surface area contributed by atoms with Gasteiger partial charge in [0.2, 0.25) is 11.8 Å². The highest BCUT2D eigenvalue weighted by atomic mass is 16.2. The van der Waals surface area contributed by atoms with Gasteiger partial charge >= 0.3 is 0 Å². The molecule has 0 radical (unpaired) electrons. The Balaban J connectivity index is 2.39. The van der Waals surface area contributed by atoms with Crippen LogP contribution in [0, 0.1) is 0 Å². The van der Waals surface area contributed by atoms with Crippen LogP contribution in [0.4, 0.5) is 0 Å². The van der Waals surface area contributed by atoms with Crippen molar-refractivity contribution in [2.75, 3.05) is 0 Å². The Hall–Kier alpha value is -2.50. The molecule has 190 valence electrons. The number of carbonyl (C=O) groups is 2. The second-order valence-corrected chi connectivity index (χ2v) is 9.08. The minimum absolute atomic E-state index is 0.0360. The Kier molecular flexibility index (Phi) is 16.4. The molecule has 0 saturated heterocycles. The fraction of sp³-hybridized carbons (Fsp3) is 0.643. The number of nitrogens with one attached hydrogen (secondary N) is 2. The van der Waals surface area contributed by atoms with Crippen LogP contribution in [-0.2, 0) is 9.59 Å². The predicted octanol–water partition coefficient (Wildman–Crippen LogP) is 6.87. The Morgan fingerprint density at radius 3 is 1.26 bits per heavy atom. The molecule has 1 rings (SSSR count). The summed E-state index contributed by atoms with van der Waals surface area (Å²) in [5, 5.41) is 8.48. The van der Waals surface area contributed by atoms with Gasteiger partial charge in [-0.3, -0.25) is 9.59 Å².